The van der Waals surface area contributed by atoms with E-state index in [1.54, 1.807) is 12.5 Å². The van der Waals surface area contributed by atoms with Gasteiger partial charge in [0.15, 0.2) is 5.69 Å². The van der Waals surface area contributed by atoms with Gasteiger partial charge in [0, 0.05) is 12.5 Å². The first-order valence-electron chi connectivity index (χ1n) is 7.08. The third-order valence-electron chi connectivity index (χ3n) is 3.27. The predicted octanol–water partition coefficient (Wildman–Crippen LogP) is 4.11. The summed E-state index contributed by atoms with van der Waals surface area (Å²) in [6.45, 7) is 8.80. The third kappa shape index (κ3) is 3.93. The van der Waals surface area contributed by atoms with Crippen molar-refractivity contribution in [2.24, 2.45) is 0 Å². The van der Waals surface area contributed by atoms with E-state index in [1.807, 2.05) is 19.1 Å². The number of esters is 1. The summed E-state index contributed by atoms with van der Waals surface area (Å²) in [6, 6.07) is 5.89. The van der Waals surface area contributed by atoms with Crippen molar-refractivity contribution in [2.75, 3.05) is 7.11 Å². The molecule has 5 heteroatoms. The lowest BCUT2D eigenvalue weighted by molar-refractivity contribution is 0.0727. The van der Waals surface area contributed by atoms with E-state index < -0.39 is 5.97 Å². The molecule has 4 nitrogen and oxygen atoms in total. The summed E-state index contributed by atoms with van der Waals surface area (Å²) in [5.74, 6) is 0.129. The highest BCUT2D eigenvalue weighted by atomic mass is 32.1. The Labute approximate surface area is 135 Å². The minimum absolute atomic E-state index is 0.0667. The van der Waals surface area contributed by atoms with Gasteiger partial charge in [-0.15, -0.1) is 11.3 Å². The van der Waals surface area contributed by atoms with E-state index in [4.69, 9.17) is 9.47 Å². The van der Waals surface area contributed by atoms with Crippen LogP contribution in [0.5, 0.6) is 5.75 Å². The van der Waals surface area contributed by atoms with Gasteiger partial charge in [-0.3, -0.25) is 0 Å². The quantitative estimate of drug-likeness (QED) is 0.628. The van der Waals surface area contributed by atoms with Crippen molar-refractivity contribution in [1.82, 2.24) is 4.98 Å². The molecule has 1 heterocycles. The van der Waals surface area contributed by atoms with Gasteiger partial charge in [0.25, 0.3) is 0 Å². The van der Waals surface area contributed by atoms with E-state index in [0.717, 1.165) is 10.6 Å². The number of thiazole rings is 1. The van der Waals surface area contributed by atoms with Crippen molar-refractivity contribution in [3.05, 3.63) is 45.4 Å². The fourth-order valence-electron chi connectivity index (χ4n) is 1.98. The first-order chi connectivity index (χ1) is 10.3. The van der Waals surface area contributed by atoms with Gasteiger partial charge in [0.05, 0.1) is 6.61 Å². The van der Waals surface area contributed by atoms with E-state index in [2.05, 4.69) is 31.8 Å². The van der Waals surface area contributed by atoms with Gasteiger partial charge in [-0.2, -0.15) is 0 Å². The maximum Gasteiger partial charge on any atom is 0.363 e. The number of hydrogen-bond acceptors (Lipinski definition) is 5. The number of aryl methyl sites for hydroxylation is 1. The standard InChI is InChI=1S/C17H21NO3S/c1-11-8-12(17(2,3)4)6-7-14(11)21-16(19)13-10-22-15(18-13)9-20-5/h6-8,10H,9H2,1-5H3. The Bertz CT molecular complexity index is 671. The summed E-state index contributed by atoms with van der Waals surface area (Å²) in [7, 11) is 1.60. The lowest BCUT2D eigenvalue weighted by Gasteiger charge is -2.20. The SMILES string of the molecule is COCc1nc(C(=O)Oc2ccc(C(C)(C)C)cc2C)cs1. The molecule has 0 fully saturated rings. The minimum atomic E-state index is -0.440. The van der Waals surface area contributed by atoms with E-state index in [1.165, 1.54) is 16.9 Å². The molecule has 0 aliphatic carbocycles. The number of rotatable bonds is 4. The molecule has 1 aromatic heterocycles. The van der Waals surface area contributed by atoms with Crippen LogP contribution < -0.4 is 4.74 Å². The molecular weight excluding hydrogens is 298 g/mol. The van der Waals surface area contributed by atoms with Crippen LogP contribution in [0.15, 0.2) is 23.6 Å². The molecule has 2 rings (SSSR count). The second-order valence-electron chi connectivity index (χ2n) is 6.18. The summed E-state index contributed by atoms with van der Waals surface area (Å²) in [5.41, 5.74) is 2.53. The van der Waals surface area contributed by atoms with Crippen molar-refractivity contribution >= 4 is 17.3 Å². The molecule has 0 N–H and O–H groups in total. The number of methoxy groups -OCH3 is 1. The summed E-state index contributed by atoms with van der Waals surface area (Å²) in [5, 5.41) is 2.45. The molecule has 0 unspecified atom stereocenters. The molecule has 0 bridgehead atoms. The fraction of sp³-hybridized carbons (Fsp3) is 0.412. The maximum absolute atomic E-state index is 12.1. The molecule has 1 aromatic carbocycles. The number of benzene rings is 1. The van der Waals surface area contributed by atoms with Crippen LogP contribution in [0.25, 0.3) is 0 Å². The Morgan fingerprint density at radius 3 is 2.64 bits per heavy atom. The molecule has 0 saturated carbocycles. The minimum Gasteiger partial charge on any atom is -0.422 e. The van der Waals surface area contributed by atoms with Crippen LogP contribution >= 0.6 is 11.3 Å². The molecule has 0 aliphatic rings. The van der Waals surface area contributed by atoms with E-state index >= 15 is 0 Å². The predicted molar refractivity (Wildman–Crippen MR) is 87.7 cm³/mol. The maximum atomic E-state index is 12.1. The number of carbonyl (C=O) groups excluding carboxylic acids is 1. The van der Waals surface area contributed by atoms with Crippen LogP contribution in [0, 0.1) is 6.92 Å². The highest BCUT2D eigenvalue weighted by Crippen LogP contribution is 2.28. The average molecular weight is 319 g/mol. The van der Waals surface area contributed by atoms with Crippen LogP contribution in [0.3, 0.4) is 0 Å². The highest BCUT2D eigenvalue weighted by molar-refractivity contribution is 7.09. The molecule has 0 spiro atoms. The molecule has 0 amide bonds. The van der Waals surface area contributed by atoms with Crippen molar-refractivity contribution in [1.29, 1.82) is 0 Å². The van der Waals surface area contributed by atoms with Crippen LogP contribution in [0.4, 0.5) is 0 Å². The average Bonchev–Trinajstić information content (AvgIpc) is 2.89. The first-order valence-corrected chi connectivity index (χ1v) is 7.96. The Morgan fingerprint density at radius 1 is 1.32 bits per heavy atom. The molecule has 22 heavy (non-hydrogen) atoms. The van der Waals surface area contributed by atoms with Gasteiger partial charge in [0.2, 0.25) is 0 Å². The van der Waals surface area contributed by atoms with Crippen molar-refractivity contribution in [2.45, 2.75) is 39.7 Å². The molecule has 0 radical (unpaired) electrons. The van der Waals surface area contributed by atoms with Gasteiger partial charge < -0.3 is 9.47 Å². The lowest BCUT2D eigenvalue weighted by atomic mass is 9.86. The van der Waals surface area contributed by atoms with E-state index in [9.17, 15) is 4.79 Å². The monoisotopic (exact) mass is 319 g/mol. The zero-order valence-electron chi connectivity index (χ0n) is 13.6. The Balaban J connectivity index is 2.14. The molecule has 0 atom stereocenters. The second-order valence-corrected chi connectivity index (χ2v) is 7.12. The Morgan fingerprint density at radius 2 is 2.05 bits per heavy atom. The number of aromatic nitrogens is 1. The zero-order chi connectivity index (χ0) is 16.3. The summed E-state index contributed by atoms with van der Waals surface area (Å²) < 4.78 is 10.5. The third-order valence-corrected chi connectivity index (χ3v) is 4.09. The van der Waals surface area contributed by atoms with Crippen LogP contribution in [0.1, 0.15) is 47.4 Å². The first kappa shape index (κ1) is 16.6. The van der Waals surface area contributed by atoms with Crippen molar-refractivity contribution in [3.8, 4) is 5.75 Å². The smallest absolute Gasteiger partial charge is 0.363 e. The Kier molecular flexibility index (Phi) is 4.98. The van der Waals surface area contributed by atoms with Gasteiger partial charge >= 0.3 is 5.97 Å². The highest BCUT2D eigenvalue weighted by Gasteiger charge is 2.17. The molecule has 0 saturated heterocycles. The summed E-state index contributed by atoms with van der Waals surface area (Å²) >= 11 is 1.39. The molecular formula is C17H21NO3S. The lowest BCUT2D eigenvalue weighted by Crippen LogP contribution is -2.13. The number of ether oxygens (including phenoxy) is 2. The molecule has 118 valence electrons. The van der Waals surface area contributed by atoms with E-state index in [-0.39, 0.29) is 5.41 Å². The van der Waals surface area contributed by atoms with E-state index in [0.29, 0.717) is 18.1 Å². The molecule has 0 aliphatic heterocycles. The topological polar surface area (TPSA) is 48.4 Å². The number of nitrogens with zero attached hydrogens (tertiary/aromatic N) is 1. The van der Waals surface area contributed by atoms with Gasteiger partial charge in [0.1, 0.15) is 10.8 Å². The number of hydrogen-bond donors (Lipinski definition) is 0. The molecule has 2 aromatic rings. The summed E-state index contributed by atoms with van der Waals surface area (Å²) in [4.78, 5) is 16.3. The van der Waals surface area contributed by atoms with Crippen LogP contribution in [0.2, 0.25) is 0 Å². The van der Waals surface area contributed by atoms with Crippen molar-refractivity contribution < 1.29 is 14.3 Å². The van der Waals surface area contributed by atoms with Crippen LogP contribution in [-0.4, -0.2) is 18.1 Å². The van der Waals surface area contributed by atoms with Gasteiger partial charge in [-0.25, -0.2) is 9.78 Å². The fourth-order valence-corrected chi connectivity index (χ4v) is 2.71. The normalized spacial score (nSPS) is 11.5. The summed E-state index contributed by atoms with van der Waals surface area (Å²) in [6.07, 6.45) is 0. The largest absolute Gasteiger partial charge is 0.422 e. The second kappa shape index (κ2) is 6.58. The van der Waals surface area contributed by atoms with Gasteiger partial charge in [-0.05, 0) is 29.5 Å². The van der Waals surface area contributed by atoms with Crippen LogP contribution in [-0.2, 0) is 16.8 Å². The van der Waals surface area contributed by atoms with Gasteiger partial charge in [-0.1, -0.05) is 32.9 Å². The zero-order valence-corrected chi connectivity index (χ0v) is 14.4. The Hall–Kier alpha value is -1.72. The number of carbonyl (C=O) groups is 1. The van der Waals surface area contributed by atoms with Crippen molar-refractivity contribution in [3.63, 3.8) is 0 Å².